The van der Waals surface area contributed by atoms with Crippen LogP contribution in [0.2, 0.25) is 5.15 Å². The van der Waals surface area contributed by atoms with Crippen molar-refractivity contribution >= 4 is 35.3 Å². The highest BCUT2D eigenvalue weighted by Gasteiger charge is 2.23. The van der Waals surface area contributed by atoms with Gasteiger partial charge in [0.1, 0.15) is 16.9 Å². The fourth-order valence-electron chi connectivity index (χ4n) is 2.96. The van der Waals surface area contributed by atoms with Gasteiger partial charge in [0.25, 0.3) is 11.8 Å². The van der Waals surface area contributed by atoms with E-state index in [1.807, 2.05) is 6.07 Å². The molecule has 10 heteroatoms. The van der Waals surface area contributed by atoms with E-state index < -0.39 is 23.8 Å². The lowest BCUT2D eigenvalue weighted by atomic mass is 10.1. The molecule has 0 radical (unpaired) electrons. The van der Waals surface area contributed by atoms with Crippen LogP contribution < -0.4 is 16.0 Å². The molecule has 9 nitrogen and oxygen atoms in total. The molecule has 0 aliphatic heterocycles. The van der Waals surface area contributed by atoms with Gasteiger partial charge in [0.2, 0.25) is 5.95 Å². The van der Waals surface area contributed by atoms with E-state index >= 15 is 0 Å². The van der Waals surface area contributed by atoms with Crippen LogP contribution in [-0.2, 0) is 16.0 Å². The molecule has 1 atom stereocenters. The zero-order valence-corrected chi connectivity index (χ0v) is 18.9. The van der Waals surface area contributed by atoms with Crippen molar-refractivity contribution in [1.29, 1.82) is 0 Å². The Morgan fingerprint density at radius 3 is 2.29 bits per heavy atom. The van der Waals surface area contributed by atoms with Crippen LogP contribution in [0.15, 0.2) is 78.6 Å². The molecule has 0 aliphatic rings. The second-order valence-electron chi connectivity index (χ2n) is 7.23. The number of benzene rings is 2. The number of rotatable bonds is 9. The van der Waals surface area contributed by atoms with Crippen LogP contribution in [0.3, 0.4) is 0 Å². The summed E-state index contributed by atoms with van der Waals surface area (Å²) in [5, 5.41) is 17.5. The van der Waals surface area contributed by atoms with Gasteiger partial charge in [-0.2, -0.15) is 0 Å². The van der Waals surface area contributed by atoms with Crippen molar-refractivity contribution in [2.24, 2.45) is 0 Å². The van der Waals surface area contributed by atoms with E-state index in [-0.39, 0.29) is 23.2 Å². The molecule has 0 bridgehead atoms. The van der Waals surface area contributed by atoms with Crippen LogP contribution in [-0.4, -0.2) is 38.9 Å². The number of aryl methyl sites for hydroxylation is 1. The molecule has 2 aromatic carbocycles. The normalized spacial score (nSPS) is 11.9. The Hall–Kier alpha value is -4.24. The average molecular weight is 480 g/mol. The number of anilines is 1. The predicted molar refractivity (Wildman–Crippen MR) is 127 cm³/mol. The predicted octanol–water partition coefficient (Wildman–Crippen LogP) is 2.93. The summed E-state index contributed by atoms with van der Waals surface area (Å²) < 4.78 is 0. The summed E-state index contributed by atoms with van der Waals surface area (Å²) in [6.45, 7) is 1.72. The van der Waals surface area contributed by atoms with Gasteiger partial charge in [-0.15, -0.1) is 0 Å². The smallest absolute Gasteiger partial charge is 0.326 e. The molecule has 0 aliphatic carbocycles. The topological polar surface area (TPSA) is 133 Å². The number of nitrogens with zero attached hydrogens (tertiary/aromatic N) is 2. The maximum atomic E-state index is 13.0. The van der Waals surface area contributed by atoms with Crippen LogP contribution in [0.5, 0.6) is 0 Å². The number of aliphatic carboxylic acids is 1. The molecule has 0 saturated heterocycles. The Bertz CT molecular complexity index is 1180. The summed E-state index contributed by atoms with van der Waals surface area (Å²) in [5.74, 6) is -2.48. The molecule has 0 saturated carbocycles. The van der Waals surface area contributed by atoms with Crippen molar-refractivity contribution in [3.63, 3.8) is 0 Å². The minimum atomic E-state index is -1.23. The van der Waals surface area contributed by atoms with E-state index in [1.165, 1.54) is 6.20 Å². The average Bonchev–Trinajstić information content (AvgIpc) is 2.81. The van der Waals surface area contributed by atoms with Gasteiger partial charge in [-0.1, -0.05) is 60.1 Å². The Morgan fingerprint density at radius 2 is 1.68 bits per heavy atom. The minimum absolute atomic E-state index is 0.0614. The Labute approximate surface area is 200 Å². The Balaban J connectivity index is 1.83. The van der Waals surface area contributed by atoms with Crippen LogP contribution in [0, 0.1) is 6.92 Å². The first-order chi connectivity index (χ1) is 16.3. The highest BCUT2D eigenvalue weighted by molar-refractivity contribution is 6.29. The molecule has 3 rings (SSSR count). The van der Waals surface area contributed by atoms with Gasteiger partial charge in [-0.05, 0) is 30.7 Å². The van der Waals surface area contributed by atoms with Gasteiger partial charge in [-0.3, -0.25) is 9.59 Å². The molecule has 0 spiro atoms. The molecular formula is C24H22ClN5O4. The summed E-state index contributed by atoms with van der Waals surface area (Å²) in [4.78, 5) is 45.6. The second-order valence-corrected chi connectivity index (χ2v) is 7.62. The van der Waals surface area contributed by atoms with Gasteiger partial charge in [-0.25, -0.2) is 14.8 Å². The van der Waals surface area contributed by atoms with E-state index in [1.54, 1.807) is 67.6 Å². The van der Waals surface area contributed by atoms with E-state index in [4.69, 9.17) is 11.6 Å². The number of nitrogens with one attached hydrogen (secondary N) is 3. The van der Waals surface area contributed by atoms with Crippen molar-refractivity contribution in [3.8, 4) is 0 Å². The molecule has 0 fully saturated rings. The maximum Gasteiger partial charge on any atom is 0.326 e. The van der Waals surface area contributed by atoms with Crippen LogP contribution in [0.1, 0.15) is 21.6 Å². The Morgan fingerprint density at radius 1 is 1.03 bits per heavy atom. The van der Waals surface area contributed by atoms with Crippen molar-refractivity contribution in [3.05, 3.63) is 101 Å². The summed E-state index contributed by atoms with van der Waals surface area (Å²) in [7, 11) is 0. The van der Waals surface area contributed by atoms with Crippen molar-refractivity contribution in [1.82, 2.24) is 20.6 Å². The fraction of sp³-hybridized carbons (Fsp3) is 0.125. The summed E-state index contributed by atoms with van der Waals surface area (Å²) >= 11 is 5.95. The lowest BCUT2D eigenvalue weighted by molar-refractivity contribution is -0.141. The van der Waals surface area contributed by atoms with Crippen molar-refractivity contribution in [2.45, 2.75) is 19.4 Å². The molecule has 1 aromatic heterocycles. The van der Waals surface area contributed by atoms with E-state index in [2.05, 4.69) is 25.9 Å². The number of aromatic nitrogens is 2. The molecule has 3 aromatic rings. The SMILES string of the molecule is Cc1cc(Cl)nc(N/C=C(\NC(=O)c2ccccc2)C(=O)NC(Cc2ccccc2)C(=O)O)n1. The lowest BCUT2D eigenvalue weighted by Crippen LogP contribution is -2.45. The van der Waals surface area contributed by atoms with Gasteiger partial charge in [0.05, 0.1) is 0 Å². The zero-order chi connectivity index (χ0) is 24.5. The van der Waals surface area contributed by atoms with Crippen LogP contribution in [0.25, 0.3) is 0 Å². The molecule has 2 amide bonds. The quantitative estimate of drug-likeness (QED) is 0.274. The molecule has 174 valence electrons. The first-order valence-electron chi connectivity index (χ1n) is 10.2. The third-order valence-corrected chi connectivity index (χ3v) is 4.78. The highest BCUT2D eigenvalue weighted by Crippen LogP contribution is 2.10. The third kappa shape index (κ3) is 7.14. The Kier molecular flexibility index (Phi) is 8.31. The van der Waals surface area contributed by atoms with Gasteiger partial charge >= 0.3 is 5.97 Å². The number of hydrogen-bond acceptors (Lipinski definition) is 6. The maximum absolute atomic E-state index is 13.0. The number of carbonyl (C=O) groups is 3. The van der Waals surface area contributed by atoms with Gasteiger partial charge in [0.15, 0.2) is 0 Å². The van der Waals surface area contributed by atoms with Crippen LogP contribution in [0.4, 0.5) is 5.95 Å². The number of hydrogen-bond donors (Lipinski definition) is 4. The molecule has 34 heavy (non-hydrogen) atoms. The van der Waals surface area contributed by atoms with E-state index in [0.717, 1.165) is 5.56 Å². The fourth-order valence-corrected chi connectivity index (χ4v) is 3.20. The third-order valence-electron chi connectivity index (χ3n) is 4.58. The van der Waals surface area contributed by atoms with Gasteiger partial charge in [0, 0.05) is 23.9 Å². The van der Waals surface area contributed by atoms with Gasteiger partial charge < -0.3 is 21.1 Å². The lowest BCUT2D eigenvalue weighted by Gasteiger charge is -2.17. The zero-order valence-electron chi connectivity index (χ0n) is 18.2. The number of carboxylic acids is 1. The molecule has 1 unspecified atom stereocenters. The second kappa shape index (κ2) is 11.6. The number of halogens is 1. The molecule has 4 N–H and O–H groups in total. The number of carboxylic acid groups (broad SMARTS) is 1. The molecular weight excluding hydrogens is 458 g/mol. The molecule has 1 heterocycles. The first-order valence-corrected chi connectivity index (χ1v) is 10.6. The van der Waals surface area contributed by atoms with E-state index in [0.29, 0.717) is 11.3 Å². The highest BCUT2D eigenvalue weighted by atomic mass is 35.5. The summed E-state index contributed by atoms with van der Waals surface area (Å²) in [6, 6.07) is 17.5. The minimum Gasteiger partial charge on any atom is -0.480 e. The number of amides is 2. The van der Waals surface area contributed by atoms with E-state index in [9.17, 15) is 19.5 Å². The summed E-state index contributed by atoms with van der Waals surface area (Å²) in [5.41, 5.74) is 1.41. The standard InChI is InChI=1S/C24H22ClN5O4/c1-15-12-20(25)30-24(27-15)26-14-19(29-21(31)17-10-6-3-7-11-17)22(32)28-18(23(33)34)13-16-8-4-2-5-9-16/h2-12,14,18H,13H2,1H3,(H,28,32)(H,29,31)(H,33,34)(H,26,27,30)/b19-14-. The summed E-state index contributed by atoms with van der Waals surface area (Å²) in [6.07, 6.45) is 1.24. The monoisotopic (exact) mass is 479 g/mol. The first kappa shape index (κ1) is 24.4. The van der Waals surface area contributed by atoms with Crippen molar-refractivity contribution in [2.75, 3.05) is 5.32 Å². The van der Waals surface area contributed by atoms with Crippen LogP contribution >= 0.6 is 11.6 Å². The number of carbonyl (C=O) groups excluding carboxylic acids is 2. The largest absolute Gasteiger partial charge is 0.480 e. The van der Waals surface area contributed by atoms with Crippen molar-refractivity contribution < 1.29 is 19.5 Å².